The first-order chi connectivity index (χ1) is 11.7. The van der Waals surface area contributed by atoms with Gasteiger partial charge in [-0.15, -0.1) is 0 Å². The summed E-state index contributed by atoms with van der Waals surface area (Å²) in [4.78, 5) is 11.4. The Bertz CT molecular complexity index is 422. The number of nitrogens with two attached hydrogens (primary N) is 1. The number of rotatable bonds is 15. The molecule has 0 fully saturated rings. The van der Waals surface area contributed by atoms with E-state index in [2.05, 4.69) is 6.92 Å². The molecule has 1 rings (SSSR count). The maximum absolute atomic E-state index is 11.4. The van der Waals surface area contributed by atoms with Gasteiger partial charge in [-0.25, -0.2) is 0 Å². The van der Waals surface area contributed by atoms with Crippen molar-refractivity contribution in [3.05, 3.63) is 30.3 Å². The second-order valence-electron chi connectivity index (χ2n) is 6.22. The van der Waals surface area contributed by atoms with Crippen LogP contribution in [0.1, 0.15) is 71.1 Å². The fraction of sp³-hybridized carbons (Fsp3) is 0.650. The molecule has 0 spiro atoms. The van der Waals surface area contributed by atoms with Crippen molar-refractivity contribution in [1.29, 1.82) is 0 Å². The summed E-state index contributed by atoms with van der Waals surface area (Å²) in [7, 11) is 0. The molecule has 0 saturated carbocycles. The molecule has 1 aromatic carbocycles. The Morgan fingerprint density at radius 2 is 1.46 bits per heavy atom. The molecule has 136 valence electrons. The lowest BCUT2D eigenvalue weighted by molar-refractivity contribution is -0.149. The number of para-hydroxylation sites is 1. The lowest BCUT2D eigenvalue weighted by Crippen LogP contribution is -2.36. The molecule has 4 nitrogen and oxygen atoms in total. The summed E-state index contributed by atoms with van der Waals surface area (Å²) in [5, 5.41) is 0. The standard InChI is InChI=1S/C20H33NO3/c1-2-3-4-5-6-7-8-9-10-14-17-23-20(19(21)22)24-18-15-12-11-13-16-18/h11-13,15-16,20H,2-10,14,17H2,1H3,(H2,21,22). The zero-order valence-electron chi connectivity index (χ0n) is 15.0. The lowest BCUT2D eigenvalue weighted by atomic mass is 10.1. The van der Waals surface area contributed by atoms with Crippen LogP contribution in [-0.4, -0.2) is 18.8 Å². The molecular weight excluding hydrogens is 302 g/mol. The summed E-state index contributed by atoms with van der Waals surface area (Å²) in [6.07, 6.45) is 11.6. The topological polar surface area (TPSA) is 61.6 Å². The van der Waals surface area contributed by atoms with Gasteiger partial charge in [0.05, 0.1) is 6.61 Å². The molecule has 0 saturated heterocycles. The van der Waals surface area contributed by atoms with E-state index in [1.165, 1.54) is 51.4 Å². The molecule has 0 aromatic heterocycles. The normalized spacial score (nSPS) is 12.0. The average Bonchev–Trinajstić information content (AvgIpc) is 2.59. The molecule has 1 atom stereocenters. The fourth-order valence-corrected chi connectivity index (χ4v) is 2.58. The first-order valence-corrected chi connectivity index (χ1v) is 9.36. The summed E-state index contributed by atoms with van der Waals surface area (Å²) in [6.45, 7) is 2.74. The largest absolute Gasteiger partial charge is 0.455 e. The smallest absolute Gasteiger partial charge is 0.287 e. The minimum Gasteiger partial charge on any atom is -0.455 e. The van der Waals surface area contributed by atoms with E-state index in [4.69, 9.17) is 15.2 Å². The number of hydrogen-bond donors (Lipinski definition) is 1. The van der Waals surface area contributed by atoms with E-state index in [-0.39, 0.29) is 0 Å². The molecule has 4 heteroatoms. The number of ether oxygens (including phenoxy) is 2. The highest BCUT2D eigenvalue weighted by Gasteiger charge is 2.17. The van der Waals surface area contributed by atoms with Crippen molar-refractivity contribution >= 4 is 5.91 Å². The first kappa shape index (κ1) is 20.5. The van der Waals surface area contributed by atoms with Crippen LogP contribution in [0.25, 0.3) is 0 Å². The van der Waals surface area contributed by atoms with Crippen LogP contribution in [-0.2, 0) is 9.53 Å². The molecule has 1 unspecified atom stereocenters. The Morgan fingerprint density at radius 3 is 2.00 bits per heavy atom. The Morgan fingerprint density at radius 1 is 0.917 bits per heavy atom. The van der Waals surface area contributed by atoms with Gasteiger partial charge < -0.3 is 15.2 Å². The van der Waals surface area contributed by atoms with E-state index in [0.29, 0.717) is 12.4 Å². The van der Waals surface area contributed by atoms with Crippen molar-refractivity contribution in [2.24, 2.45) is 5.73 Å². The average molecular weight is 335 g/mol. The van der Waals surface area contributed by atoms with Crippen LogP contribution in [0.2, 0.25) is 0 Å². The highest BCUT2D eigenvalue weighted by atomic mass is 16.7. The van der Waals surface area contributed by atoms with E-state index in [0.717, 1.165) is 12.8 Å². The van der Waals surface area contributed by atoms with Gasteiger partial charge in [-0.05, 0) is 18.6 Å². The van der Waals surface area contributed by atoms with Gasteiger partial charge in [0.2, 0.25) is 0 Å². The van der Waals surface area contributed by atoms with Gasteiger partial charge in [0.15, 0.2) is 0 Å². The van der Waals surface area contributed by atoms with Crippen LogP contribution in [0, 0.1) is 0 Å². The third-order valence-electron chi connectivity index (χ3n) is 3.99. The molecule has 0 bridgehead atoms. The zero-order chi connectivity index (χ0) is 17.5. The number of primary amides is 1. The van der Waals surface area contributed by atoms with Crippen molar-refractivity contribution in [2.75, 3.05) is 6.61 Å². The Labute approximate surface area is 146 Å². The predicted molar refractivity (Wildman–Crippen MR) is 97.8 cm³/mol. The molecule has 0 aliphatic heterocycles. The summed E-state index contributed by atoms with van der Waals surface area (Å²) in [6, 6.07) is 9.13. The van der Waals surface area contributed by atoms with E-state index in [9.17, 15) is 4.79 Å². The summed E-state index contributed by atoms with van der Waals surface area (Å²) < 4.78 is 11.0. The van der Waals surface area contributed by atoms with E-state index < -0.39 is 12.2 Å². The number of benzene rings is 1. The second-order valence-corrected chi connectivity index (χ2v) is 6.22. The lowest BCUT2D eigenvalue weighted by Gasteiger charge is -2.16. The van der Waals surface area contributed by atoms with Crippen LogP contribution in [0.4, 0.5) is 0 Å². The third-order valence-corrected chi connectivity index (χ3v) is 3.99. The SMILES string of the molecule is CCCCCCCCCCCCOC(Oc1ccccc1)C(N)=O. The van der Waals surface area contributed by atoms with Gasteiger partial charge in [-0.2, -0.15) is 0 Å². The van der Waals surface area contributed by atoms with Crippen LogP contribution in [0.3, 0.4) is 0 Å². The second kappa shape index (κ2) is 13.8. The van der Waals surface area contributed by atoms with Crippen LogP contribution in [0.5, 0.6) is 5.75 Å². The monoisotopic (exact) mass is 335 g/mol. The quantitative estimate of drug-likeness (QED) is 0.369. The molecule has 0 radical (unpaired) electrons. The summed E-state index contributed by atoms with van der Waals surface area (Å²) in [5.74, 6) is -0.00435. The van der Waals surface area contributed by atoms with Gasteiger partial charge in [0.25, 0.3) is 12.2 Å². The molecular formula is C20H33NO3. The maximum atomic E-state index is 11.4. The molecule has 24 heavy (non-hydrogen) atoms. The number of amides is 1. The van der Waals surface area contributed by atoms with Crippen molar-refractivity contribution < 1.29 is 14.3 Å². The first-order valence-electron chi connectivity index (χ1n) is 9.36. The molecule has 0 aliphatic rings. The third kappa shape index (κ3) is 10.3. The van der Waals surface area contributed by atoms with E-state index in [1.54, 1.807) is 12.1 Å². The highest BCUT2D eigenvalue weighted by Crippen LogP contribution is 2.13. The van der Waals surface area contributed by atoms with Gasteiger partial charge in [0, 0.05) is 0 Å². The summed E-state index contributed by atoms with van der Waals surface area (Å²) >= 11 is 0. The Balaban J connectivity index is 2.02. The predicted octanol–water partition coefficient (Wildman–Crippen LogP) is 4.81. The van der Waals surface area contributed by atoms with Crippen molar-refractivity contribution in [1.82, 2.24) is 0 Å². The van der Waals surface area contributed by atoms with Crippen LogP contribution < -0.4 is 10.5 Å². The van der Waals surface area contributed by atoms with Gasteiger partial charge in [-0.1, -0.05) is 82.9 Å². The van der Waals surface area contributed by atoms with Crippen LogP contribution in [0.15, 0.2) is 30.3 Å². The maximum Gasteiger partial charge on any atom is 0.287 e. The van der Waals surface area contributed by atoms with Crippen molar-refractivity contribution in [3.63, 3.8) is 0 Å². The van der Waals surface area contributed by atoms with Crippen LogP contribution >= 0.6 is 0 Å². The molecule has 0 aliphatic carbocycles. The summed E-state index contributed by atoms with van der Waals surface area (Å²) in [5.41, 5.74) is 5.33. The molecule has 2 N–H and O–H groups in total. The fourth-order valence-electron chi connectivity index (χ4n) is 2.58. The molecule has 0 heterocycles. The number of carbonyl (C=O) groups excluding carboxylic acids is 1. The van der Waals surface area contributed by atoms with Crippen molar-refractivity contribution in [2.45, 2.75) is 77.4 Å². The number of hydrogen-bond acceptors (Lipinski definition) is 3. The highest BCUT2D eigenvalue weighted by molar-refractivity contribution is 5.77. The van der Waals surface area contributed by atoms with E-state index in [1.807, 2.05) is 18.2 Å². The number of carbonyl (C=O) groups is 1. The Kier molecular flexibility index (Phi) is 11.8. The Hall–Kier alpha value is -1.55. The molecule has 1 aromatic rings. The van der Waals surface area contributed by atoms with Gasteiger partial charge in [0.1, 0.15) is 5.75 Å². The zero-order valence-corrected chi connectivity index (χ0v) is 15.0. The van der Waals surface area contributed by atoms with Crippen molar-refractivity contribution in [3.8, 4) is 5.75 Å². The number of unbranched alkanes of at least 4 members (excludes halogenated alkanes) is 9. The molecule has 1 amide bonds. The minimum atomic E-state index is -1.01. The van der Waals surface area contributed by atoms with Gasteiger partial charge in [-0.3, -0.25) is 4.79 Å². The van der Waals surface area contributed by atoms with E-state index >= 15 is 0 Å². The van der Waals surface area contributed by atoms with Gasteiger partial charge >= 0.3 is 0 Å². The minimum absolute atomic E-state index is 0.497.